The van der Waals surface area contributed by atoms with Gasteiger partial charge in [0.1, 0.15) is 5.00 Å². The summed E-state index contributed by atoms with van der Waals surface area (Å²) >= 11 is 1.33. The van der Waals surface area contributed by atoms with Crippen molar-refractivity contribution >= 4 is 22.3 Å². The highest BCUT2D eigenvalue weighted by Crippen LogP contribution is 2.27. The molecule has 1 aromatic rings. The molecule has 0 fully saturated rings. The average Bonchev–Trinajstić information content (AvgIpc) is 2.36. The largest absolute Gasteiger partial charge is 0.420 e. The molecule has 0 bridgehead atoms. The lowest BCUT2D eigenvalue weighted by Crippen LogP contribution is -2.08. The zero-order chi connectivity index (χ0) is 9.14. The summed E-state index contributed by atoms with van der Waals surface area (Å²) in [5.74, 6) is -0.0342. The van der Waals surface area contributed by atoms with Crippen LogP contribution in [0.15, 0.2) is 23.6 Å². The van der Waals surface area contributed by atoms with Crippen LogP contribution in [0.3, 0.4) is 0 Å². The Bertz CT molecular complexity index is 317. The lowest BCUT2D eigenvalue weighted by atomic mass is 10.4. The topological polar surface area (TPSA) is 52.3 Å². The molecule has 0 aromatic carbocycles. The first-order chi connectivity index (χ1) is 5.61. The van der Waals surface area contributed by atoms with Crippen LogP contribution in [0.1, 0.15) is 6.92 Å². The van der Waals surface area contributed by atoms with Crippen molar-refractivity contribution < 1.29 is 9.53 Å². The van der Waals surface area contributed by atoms with Gasteiger partial charge in [-0.1, -0.05) is 6.58 Å². The lowest BCUT2D eigenvalue weighted by Gasteiger charge is -2.00. The maximum Gasteiger partial charge on any atom is 0.338 e. The van der Waals surface area contributed by atoms with E-state index in [9.17, 15) is 4.79 Å². The minimum atomic E-state index is -0.444. The molecular weight excluding hydrogens is 174 g/mol. The number of nitrogen functional groups attached to an aromatic ring is 1. The third kappa shape index (κ3) is 1.85. The number of esters is 1. The third-order valence-corrected chi connectivity index (χ3v) is 1.94. The van der Waals surface area contributed by atoms with Crippen molar-refractivity contribution in [3.63, 3.8) is 0 Å². The fourth-order valence-electron chi connectivity index (χ4n) is 0.581. The summed E-state index contributed by atoms with van der Waals surface area (Å²) in [6.07, 6.45) is 0. The minimum absolute atomic E-state index is 0.362. The van der Waals surface area contributed by atoms with Crippen LogP contribution in [-0.2, 0) is 4.79 Å². The van der Waals surface area contributed by atoms with E-state index in [1.807, 2.05) is 0 Å². The van der Waals surface area contributed by atoms with Crippen LogP contribution in [0.5, 0.6) is 5.75 Å². The van der Waals surface area contributed by atoms with E-state index in [0.717, 1.165) is 0 Å². The van der Waals surface area contributed by atoms with Crippen LogP contribution in [-0.4, -0.2) is 5.97 Å². The Balaban J connectivity index is 2.71. The summed E-state index contributed by atoms with van der Waals surface area (Å²) < 4.78 is 4.89. The molecule has 1 rings (SSSR count). The Kier molecular flexibility index (Phi) is 2.50. The molecule has 0 saturated carbocycles. The molecule has 1 heterocycles. The Morgan fingerprint density at radius 1 is 1.75 bits per heavy atom. The molecule has 4 heteroatoms. The van der Waals surface area contributed by atoms with Crippen molar-refractivity contribution in [2.75, 3.05) is 5.73 Å². The summed E-state index contributed by atoms with van der Waals surface area (Å²) in [7, 11) is 0. The van der Waals surface area contributed by atoms with Gasteiger partial charge in [-0.25, -0.2) is 4.79 Å². The normalized spacial score (nSPS) is 9.42. The van der Waals surface area contributed by atoms with E-state index in [4.69, 9.17) is 10.5 Å². The fourth-order valence-corrected chi connectivity index (χ4v) is 1.14. The van der Waals surface area contributed by atoms with E-state index in [0.29, 0.717) is 16.3 Å². The van der Waals surface area contributed by atoms with E-state index in [-0.39, 0.29) is 0 Å². The molecule has 0 spiro atoms. The number of anilines is 1. The van der Waals surface area contributed by atoms with Crippen LogP contribution in [0.2, 0.25) is 0 Å². The molecule has 0 radical (unpaired) electrons. The summed E-state index contributed by atoms with van der Waals surface area (Å²) in [6.45, 7) is 5.04. The first kappa shape index (κ1) is 8.80. The van der Waals surface area contributed by atoms with Crippen LogP contribution >= 0.6 is 11.3 Å². The molecule has 0 aliphatic rings. The van der Waals surface area contributed by atoms with Crippen LogP contribution in [0.25, 0.3) is 0 Å². The first-order valence-corrected chi connectivity index (χ1v) is 4.20. The van der Waals surface area contributed by atoms with Crippen molar-refractivity contribution in [2.24, 2.45) is 0 Å². The Labute approximate surface area is 74.5 Å². The predicted octanol–water partition coefficient (Wildman–Crippen LogP) is 1.81. The monoisotopic (exact) mass is 183 g/mol. The summed E-state index contributed by atoms with van der Waals surface area (Å²) in [6, 6.07) is 1.65. The fraction of sp³-hybridized carbons (Fsp3) is 0.125. The predicted molar refractivity (Wildman–Crippen MR) is 49.2 cm³/mol. The molecule has 12 heavy (non-hydrogen) atoms. The maximum absolute atomic E-state index is 11.0. The average molecular weight is 183 g/mol. The van der Waals surface area contributed by atoms with E-state index in [1.54, 1.807) is 18.4 Å². The van der Waals surface area contributed by atoms with Crippen LogP contribution in [0.4, 0.5) is 5.00 Å². The number of ether oxygens (including phenoxy) is 1. The Morgan fingerprint density at radius 3 is 2.83 bits per heavy atom. The number of nitrogens with two attached hydrogens (primary N) is 1. The van der Waals surface area contributed by atoms with Crippen molar-refractivity contribution in [2.45, 2.75) is 6.92 Å². The second-order valence-electron chi connectivity index (χ2n) is 2.32. The smallest absolute Gasteiger partial charge is 0.338 e. The highest BCUT2D eigenvalue weighted by atomic mass is 32.1. The van der Waals surface area contributed by atoms with Gasteiger partial charge in [0, 0.05) is 5.57 Å². The van der Waals surface area contributed by atoms with Crippen molar-refractivity contribution in [1.82, 2.24) is 0 Å². The number of thiophene rings is 1. The molecule has 0 aliphatic carbocycles. The molecule has 0 atom stereocenters. The van der Waals surface area contributed by atoms with Crippen LogP contribution < -0.4 is 10.5 Å². The zero-order valence-corrected chi connectivity index (χ0v) is 7.48. The molecule has 2 N–H and O–H groups in total. The van der Waals surface area contributed by atoms with E-state index >= 15 is 0 Å². The van der Waals surface area contributed by atoms with Crippen molar-refractivity contribution in [1.29, 1.82) is 0 Å². The summed E-state index contributed by atoms with van der Waals surface area (Å²) in [5, 5.41) is 2.26. The highest BCUT2D eigenvalue weighted by Gasteiger charge is 2.08. The van der Waals surface area contributed by atoms with Gasteiger partial charge in [0.25, 0.3) is 0 Å². The molecule has 0 unspecified atom stereocenters. The van der Waals surface area contributed by atoms with Gasteiger partial charge in [-0.2, -0.15) is 0 Å². The quantitative estimate of drug-likeness (QED) is 0.562. The Hall–Kier alpha value is -1.29. The zero-order valence-electron chi connectivity index (χ0n) is 6.66. The standard InChI is InChI=1S/C8H9NO2S/c1-5(2)8(10)11-6-3-4-12-7(6)9/h3-4H,1,9H2,2H3. The lowest BCUT2D eigenvalue weighted by molar-refractivity contribution is -0.130. The first-order valence-electron chi connectivity index (χ1n) is 3.32. The van der Waals surface area contributed by atoms with Crippen LogP contribution in [0, 0.1) is 0 Å². The summed E-state index contributed by atoms with van der Waals surface area (Å²) in [5.41, 5.74) is 5.86. The number of rotatable bonds is 2. The van der Waals surface area contributed by atoms with Gasteiger partial charge in [0.15, 0.2) is 5.75 Å². The van der Waals surface area contributed by atoms with E-state index in [2.05, 4.69) is 6.58 Å². The third-order valence-electron chi connectivity index (χ3n) is 1.21. The second-order valence-corrected chi connectivity index (χ2v) is 3.27. The highest BCUT2D eigenvalue weighted by molar-refractivity contribution is 7.14. The van der Waals surface area contributed by atoms with Crippen molar-refractivity contribution in [3.05, 3.63) is 23.6 Å². The molecule has 3 nitrogen and oxygen atoms in total. The van der Waals surface area contributed by atoms with Gasteiger partial charge in [-0.15, -0.1) is 11.3 Å². The van der Waals surface area contributed by atoms with Gasteiger partial charge < -0.3 is 10.5 Å². The Morgan fingerprint density at radius 2 is 2.42 bits per heavy atom. The molecule has 0 aliphatic heterocycles. The van der Waals surface area contributed by atoms with Gasteiger partial charge in [0.2, 0.25) is 0 Å². The number of hydrogen-bond donors (Lipinski definition) is 1. The SMILES string of the molecule is C=C(C)C(=O)Oc1ccsc1N. The maximum atomic E-state index is 11.0. The molecule has 0 amide bonds. The number of carbonyl (C=O) groups is 1. The van der Waals surface area contributed by atoms with Crippen molar-refractivity contribution in [3.8, 4) is 5.75 Å². The number of carbonyl (C=O) groups excluding carboxylic acids is 1. The molecular formula is C8H9NO2S. The van der Waals surface area contributed by atoms with E-state index in [1.165, 1.54) is 11.3 Å². The molecule has 64 valence electrons. The molecule has 0 saturated heterocycles. The second kappa shape index (κ2) is 3.40. The van der Waals surface area contributed by atoms with Gasteiger partial charge in [-0.3, -0.25) is 0 Å². The van der Waals surface area contributed by atoms with Gasteiger partial charge >= 0.3 is 5.97 Å². The van der Waals surface area contributed by atoms with E-state index < -0.39 is 5.97 Å². The minimum Gasteiger partial charge on any atom is -0.420 e. The molecule has 1 aromatic heterocycles. The van der Waals surface area contributed by atoms with Gasteiger partial charge in [0.05, 0.1) is 0 Å². The number of hydrogen-bond acceptors (Lipinski definition) is 4. The summed E-state index contributed by atoms with van der Waals surface area (Å²) in [4.78, 5) is 11.0. The van der Waals surface area contributed by atoms with Gasteiger partial charge in [-0.05, 0) is 18.4 Å².